The van der Waals surface area contributed by atoms with Gasteiger partial charge in [-0.3, -0.25) is 0 Å². The average molecular weight is 271 g/mol. The second kappa shape index (κ2) is 4.80. The number of aromatic nitrogens is 1. The molecule has 1 aromatic carbocycles. The minimum Gasteiger partial charge on any atom is -0.506 e. The second-order valence-corrected chi connectivity index (χ2v) is 4.62. The Morgan fingerprint density at radius 1 is 1.40 bits per heavy atom. The van der Waals surface area contributed by atoms with Crippen molar-refractivity contribution in [1.29, 1.82) is 0 Å². The number of rotatable bonds is 2. The Morgan fingerprint density at radius 2 is 2.25 bits per heavy atom. The lowest BCUT2D eigenvalue weighted by molar-refractivity contribution is 0.279. The summed E-state index contributed by atoms with van der Waals surface area (Å²) in [5.74, 6) is 1.26. The highest BCUT2D eigenvalue weighted by Gasteiger charge is 2.28. The van der Waals surface area contributed by atoms with Crippen molar-refractivity contribution in [3.63, 3.8) is 0 Å². The topological polar surface area (TPSA) is 75.0 Å². The number of pyridine rings is 1. The van der Waals surface area contributed by atoms with Gasteiger partial charge in [-0.1, -0.05) is 6.07 Å². The van der Waals surface area contributed by atoms with Crippen molar-refractivity contribution in [2.45, 2.75) is 13.0 Å². The fourth-order valence-electron chi connectivity index (χ4n) is 2.31. The van der Waals surface area contributed by atoms with E-state index in [1.807, 2.05) is 17.9 Å². The number of benzene rings is 1. The van der Waals surface area contributed by atoms with Crippen molar-refractivity contribution in [3.05, 3.63) is 41.4 Å². The molecule has 0 saturated carbocycles. The summed E-state index contributed by atoms with van der Waals surface area (Å²) in [5, 5.41) is 12.3. The Labute approximate surface area is 115 Å². The standard InChI is InChI=1S/C14H13N3O3/c1-9-8-20-14-11(16-19)3-2-4-12(14)17(9)13-6-5-10(18)7-15-13/h2-7,9,18H,8H2,1H3/t9-/m0/s1. The molecule has 1 aromatic heterocycles. The zero-order valence-electron chi connectivity index (χ0n) is 10.9. The molecule has 6 heteroatoms. The predicted molar refractivity (Wildman–Crippen MR) is 74.9 cm³/mol. The zero-order valence-corrected chi connectivity index (χ0v) is 10.9. The van der Waals surface area contributed by atoms with Crippen molar-refractivity contribution in [3.8, 4) is 11.5 Å². The van der Waals surface area contributed by atoms with E-state index in [0.29, 0.717) is 18.2 Å². The summed E-state index contributed by atoms with van der Waals surface area (Å²) in [6.07, 6.45) is 1.39. The van der Waals surface area contributed by atoms with E-state index in [1.165, 1.54) is 6.20 Å². The minimum atomic E-state index is 0.0569. The number of ether oxygens (including phenoxy) is 1. The van der Waals surface area contributed by atoms with Crippen LogP contribution in [0.3, 0.4) is 0 Å². The van der Waals surface area contributed by atoms with Crippen molar-refractivity contribution in [1.82, 2.24) is 4.98 Å². The largest absolute Gasteiger partial charge is 0.506 e. The summed E-state index contributed by atoms with van der Waals surface area (Å²) < 4.78 is 5.62. The number of nitroso groups, excluding NO2 is 1. The third-order valence-corrected chi connectivity index (χ3v) is 3.22. The van der Waals surface area contributed by atoms with Crippen molar-refractivity contribution in [2.75, 3.05) is 11.5 Å². The summed E-state index contributed by atoms with van der Waals surface area (Å²) in [6.45, 7) is 2.43. The quantitative estimate of drug-likeness (QED) is 0.849. The lowest BCUT2D eigenvalue weighted by Gasteiger charge is -2.36. The summed E-state index contributed by atoms with van der Waals surface area (Å²) >= 11 is 0. The Balaban J connectivity index is 2.12. The molecule has 0 amide bonds. The predicted octanol–water partition coefficient (Wildman–Crippen LogP) is 3.10. The molecule has 0 aliphatic carbocycles. The van der Waals surface area contributed by atoms with Gasteiger partial charge in [0.15, 0.2) is 11.4 Å². The molecule has 0 bridgehead atoms. The summed E-state index contributed by atoms with van der Waals surface area (Å²) in [4.78, 5) is 17.0. The minimum absolute atomic E-state index is 0.0569. The monoisotopic (exact) mass is 271 g/mol. The molecule has 0 fully saturated rings. The first kappa shape index (κ1) is 12.4. The van der Waals surface area contributed by atoms with Gasteiger partial charge in [-0.2, -0.15) is 0 Å². The zero-order chi connectivity index (χ0) is 14.1. The Morgan fingerprint density at radius 3 is 2.95 bits per heavy atom. The van der Waals surface area contributed by atoms with E-state index in [2.05, 4.69) is 10.2 Å². The van der Waals surface area contributed by atoms with Crippen LogP contribution < -0.4 is 9.64 Å². The lowest BCUT2D eigenvalue weighted by atomic mass is 10.1. The van der Waals surface area contributed by atoms with E-state index in [4.69, 9.17) is 4.74 Å². The third kappa shape index (κ3) is 1.95. The number of anilines is 2. The van der Waals surface area contributed by atoms with Crippen LogP contribution in [0.25, 0.3) is 0 Å². The number of hydrogen-bond acceptors (Lipinski definition) is 6. The number of aromatic hydroxyl groups is 1. The van der Waals surface area contributed by atoms with Gasteiger partial charge in [0.25, 0.3) is 0 Å². The normalized spacial score (nSPS) is 17.2. The summed E-state index contributed by atoms with van der Waals surface area (Å²) in [5.41, 5.74) is 1.03. The molecule has 3 rings (SSSR count). The van der Waals surface area contributed by atoms with Crippen LogP contribution in [0.15, 0.2) is 41.7 Å². The molecule has 0 spiro atoms. The van der Waals surface area contributed by atoms with E-state index in [0.717, 1.165) is 5.69 Å². The Bertz CT molecular complexity index is 643. The number of hydrogen-bond donors (Lipinski definition) is 1. The highest BCUT2D eigenvalue weighted by atomic mass is 16.5. The molecule has 102 valence electrons. The molecule has 0 saturated heterocycles. The van der Waals surface area contributed by atoms with E-state index in [9.17, 15) is 10.0 Å². The fraction of sp³-hybridized carbons (Fsp3) is 0.214. The van der Waals surface area contributed by atoms with E-state index >= 15 is 0 Å². The second-order valence-electron chi connectivity index (χ2n) is 4.62. The van der Waals surface area contributed by atoms with Gasteiger partial charge in [-0.05, 0) is 36.4 Å². The molecular weight excluding hydrogens is 258 g/mol. The SMILES string of the molecule is C[C@H]1COc2c(N=O)cccc2N1c1ccc(O)cn1. The van der Waals surface area contributed by atoms with Gasteiger partial charge in [0.1, 0.15) is 18.2 Å². The highest BCUT2D eigenvalue weighted by molar-refractivity contribution is 5.76. The van der Waals surface area contributed by atoms with Crippen LogP contribution in [0, 0.1) is 4.91 Å². The van der Waals surface area contributed by atoms with Gasteiger partial charge in [-0.25, -0.2) is 4.98 Å². The molecule has 1 aliphatic rings. The van der Waals surface area contributed by atoms with E-state index in [1.54, 1.807) is 24.3 Å². The molecule has 6 nitrogen and oxygen atoms in total. The van der Waals surface area contributed by atoms with E-state index in [-0.39, 0.29) is 17.5 Å². The van der Waals surface area contributed by atoms with Crippen LogP contribution in [0.2, 0.25) is 0 Å². The molecular formula is C14H13N3O3. The third-order valence-electron chi connectivity index (χ3n) is 3.22. The fourth-order valence-corrected chi connectivity index (χ4v) is 2.31. The van der Waals surface area contributed by atoms with Gasteiger partial charge >= 0.3 is 0 Å². The van der Waals surface area contributed by atoms with Crippen LogP contribution in [-0.4, -0.2) is 22.7 Å². The summed E-state index contributed by atoms with van der Waals surface area (Å²) in [6, 6.07) is 8.58. The van der Waals surface area contributed by atoms with Crippen molar-refractivity contribution >= 4 is 17.2 Å². The van der Waals surface area contributed by atoms with Crippen molar-refractivity contribution in [2.24, 2.45) is 5.18 Å². The van der Waals surface area contributed by atoms with Crippen LogP contribution >= 0.6 is 0 Å². The average Bonchev–Trinajstić information content (AvgIpc) is 2.47. The maximum Gasteiger partial charge on any atom is 0.172 e. The number of para-hydroxylation sites is 1. The van der Waals surface area contributed by atoms with Crippen LogP contribution in [0.1, 0.15) is 6.92 Å². The lowest BCUT2D eigenvalue weighted by Crippen LogP contribution is -2.38. The molecule has 1 aliphatic heterocycles. The van der Waals surface area contributed by atoms with Crippen LogP contribution in [-0.2, 0) is 0 Å². The smallest absolute Gasteiger partial charge is 0.172 e. The van der Waals surface area contributed by atoms with Gasteiger partial charge in [-0.15, -0.1) is 4.91 Å². The van der Waals surface area contributed by atoms with Crippen LogP contribution in [0.4, 0.5) is 17.2 Å². The maximum absolute atomic E-state index is 10.9. The molecule has 2 aromatic rings. The Hall–Kier alpha value is -2.63. The number of nitrogens with zero attached hydrogens (tertiary/aromatic N) is 3. The molecule has 1 atom stereocenters. The Kier molecular flexibility index (Phi) is 2.98. The maximum atomic E-state index is 10.9. The molecule has 1 N–H and O–H groups in total. The first-order valence-corrected chi connectivity index (χ1v) is 6.24. The molecule has 20 heavy (non-hydrogen) atoms. The number of fused-ring (bicyclic) bond motifs is 1. The first-order chi connectivity index (χ1) is 9.70. The van der Waals surface area contributed by atoms with Crippen LogP contribution in [0.5, 0.6) is 11.5 Å². The van der Waals surface area contributed by atoms with Gasteiger partial charge < -0.3 is 14.7 Å². The van der Waals surface area contributed by atoms with Gasteiger partial charge in [0.05, 0.1) is 17.9 Å². The van der Waals surface area contributed by atoms with Crippen molar-refractivity contribution < 1.29 is 9.84 Å². The van der Waals surface area contributed by atoms with Gasteiger partial charge in [0, 0.05) is 0 Å². The van der Waals surface area contributed by atoms with E-state index < -0.39 is 0 Å². The molecule has 0 radical (unpaired) electrons. The highest BCUT2D eigenvalue weighted by Crippen LogP contribution is 2.44. The van der Waals surface area contributed by atoms with Gasteiger partial charge in [0.2, 0.25) is 0 Å². The molecule has 0 unspecified atom stereocenters. The summed E-state index contributed by atoms with van der Waals surface area (Å²) in [7, 11) is 0. The first-order valence-electron chi connectivity index (χ1n) is 6.24. The molecule has 2 heterocycles.